The highest BCUT2D eigenvalue weighted by atomic mass is 32.2. The lowest BCUT2D eigenvalue weighted by molar-refractivity contribution is -0.121. The molecule has 1 saturated heterocycles. The van der Waals surface area contributed by atoms with E-state index in [0.29, 0.717) is 31.8 Å². The maximum Gasteiger partial charge on any atom is 0.243 e. The third kappa shape index (κ3) is 4.16. The summed E-state index contributed by atoms with van der Waals surface area (Å²) in [4.78, 5) is 13.1. The van der Waals surface area contributed by atoms with Gasteiger partial charge in [0.05, 0.1) is 10.8 Å². The molecule has 0 radical (unpaired) electrons. The van der Waals surface area contributed by atoms with Gasteiger partial charge in [-0.1, -0.05) is 30.7 Å². The van der Waals surface area contributed by atoms with Gasteiger partial charge in [0.15, 0.2) is 0 Å². The summed E-state index contributed by atoms with van der Waals surface area (Å²) < 4.78 is 33.2. The second-order valence-electron chi connectivity index (χ2n) is 7.75. The summed E-state index contributed by atoms with van der Waals surface area (Å²) in [6.07, 6.45) is 3.44. The number of carbonyl (C=O) groups excluding carboxylic acids is 1. The molecular weight excluding hydrogens is 388 g/mol. The van der Waals surface area contributed by atoms with Gasteiger partial charge in [0, 0.05) is 18.8 Å². The molecule has 1 unspecified atom stereocenters. The van der Waals surface area contributed by atoms with Crippen LogP contribution in [-0.2, 0) is 21.2 Å². The number of ether oxygens (including phenoxy) is 1. The molecule has 7 heteroatoms. The van der Waals surface area contributed by atoms with Crippen LogP contribution in [0.5, 0.6) is 5.75 Å². The van der Waals surface area contributed by atoms with Crippen LogP contribution < -0.4 is 10.1 Å². The Balaban J connectivity index is 1.52. The minimum atomic E-state index is -3.54. The number of para-hydroxylation sites is 1. The summed E-state index contributed by atoms with van der Waals surface area (Å²) >= 11 is 0. The van der Waals surface area contributed by atoms with Crippen LogP contribution >= 0.6 is 0 Å². The number of fused-ring (bicyclic) bond motifs is 1. The van der Waals surface area contributed by atoms with Crippen LogP contribution in [0.15, 0.2) is 47.4 Å². The molecule has 6 nitrogen and oxygen atoms in total. The van der Waals surface area contributed by atoms with Gasteiger partial charge >= 0.3 is 0 Å². The van der Waals surface area contributed by atoms with Gasteiger partial charge in [-0.3, -0.25) is 4.79 Å². The van der Waals surface area contributed by atoms with Crippen LogP contribution in [0.3, 0.4) is 0 Å². The number of hydrogen-bond acceptors (Lipinski definition) is 4. The molecular formula is C22H26N2O4S. The maximum atomic E-state index is 13.0. The minimum absolute atomic E-state index is 0.157. The van der Waals surface area contributed by atoms with E-state index in [2.05, 4.69) is 5.32 Å². The molecule has 2 aromatic rings. The molecule has 2 aliphatic rings. The summed E-state index contributed by atoms with van der Waals surface area (Å²) in [5.74, 6) is 0.351. The molecule has 154 valence electrons. The minimum Gasteiger partial charge on any atom is -0.492 e. The van der Waals surface area contributed by atoms with Gasteiger partial charge in [-0.2, -0.15) is 4.31 Å². The average Bonchev–Trinajstić information content (AvgIpc) is 2.75. The zero-order valence-corrected chi connectivity index (χ0v) is 17.4. The molecule has 2 heterocycles. The number of amides is 1. The number of nitrogens with one attached hydrogen (secondary N) is 1. The van der Waals surface area contributed by atoms with Crippen LogP contribution in [-0.4, -0.2) is 38.3 Å². The number of sulfonamides is 1. The highest BCUT2D eigenvalue weighted by Crippen LogP contribution is 2.29. The Bertz CT molecular complexity index is 1010. The zero-order valence-electron chi connectivity index (χ0n) is 16.6. The first-order valence-electron chi connectivity index (χ1n) is 10.1. The van der Waals surface area contributed by atoms with E-state index in [4.69, 9.17) is 4.74 Å². The van der Waals surface area contributed by atoms with Crippen molar-refractivity contribution in [3.63, 3.8) is 0 Å². The monoisotopic (exact) mass is 414 g/mol. The van der Waals surface area contributed by atoms with Crippen molar-refractivity contribution in [3.05, 3.63) is 53.6 Å². The Hall–Kier alpha value is -2.38. The lowest BCUT2D eigenvalue weighted by Gasteiger charge is -2.26. The van der Waals surface area contributed by atoms with Crippen molar-refractivity contribution < 1.29 is 17.9 Å². The first kappa shape index (κ1) is 19.9. The Kier molecular flexibility index (Phi) is 5.61. The molecule has 29 heavy (non-hydrogen) atoms. The van der Waals surface area contributed by atoms with Crippen molar-refractivity contribution in [2.24, 2.45) is 5.92 Å². The Morgan fingerprint density at radius 3 is 2.66 bits per heavy atom. The van der Waals surface area contributed by atoms with Crippen molar-refractivity contribution >= 4 is 21.6 Å². The number of aryl methyl sites for hydroxylation is 1. The average molecular weight is 415 g/mol. The van der Waals surface area contributed by atoms with E-state index in [0.717, 1.165) is 36.1 Å². The van der Waals surface area contributed by atoms with Crippen molar-refractivity contribution in [1.82, 2.24) is 4.31 Å². The predicted molar refractivity (Wildman–Crippen MR) is 112 cm³/mol. The molecule has 2 aromatic carbocycles. The molecule has 0 aromatic heterocycles. The standard InChI is InChI=1S/C22H26N2O4S/c1-16-9-10-19(29(26,27)24-11-5-2-6-12-24)14-20(16)23-22(25)18-13-17-7-3-4-8-21(17)28-15-18/h3-4,7-10,14,18H,2,5-6,11-13,15H2,1H3,(H,23,25). The highest BCUT2D eigenvalue weighted by molar-refractivity contribution is 7.89. The zero-order chi connectivity index (χ0) is 20.4. The van der Waals surface area contributed by atoms with E-state index in [1.807, 2.05) is 31.2 Å². The van der Waals surface area contributed by atoms with Gasteiger partial charge in [-0.25, -0.2) is 8.42 Å². The predicted octanol–water partition coefficient (Wildman–Crippen LogP) is 3.36. The Morgan fingerprint density at radius 2 is 1.86 bits per heavy atom. The fraction of sp³-hybridized carbons (Fsp3) is 0.409. The van der Waals surface area contributed by atoms with Crippen LogP contribution in [0.25, 0.3) is 0 Å². The van der Waals surface area contributed by atoms with Gasteiger partial charge in [0.25, 0.3) is 0 Å². The van der Waals surface area contributed by atoms with Gasteiger partial charge in [0.1, 0.15) is 12.4 Å². The molecule has 0 spiro atoms. The fourth-order valence-corrected chi connectivity index (χ4v) is 5.43. The largest absolute Gasteiger partial charge is 0.492 e. The number of nitrogens with zero attached hydrogens (tertiary/aromatic N) is 1. The fourth-order valence-electron chi connectivity index (χ4n) is 3.88. The van der Waals surface area contributed by atoms with Crippen molar-refractivity contribution in [1.29, 1.82) is 0 Å². The van der Waals surface area contributed by atoms with Gasteiger partial charge < -0.3 is 10.1 Å². The Labute approximate surface area is 171 Å². The van der Waals surface area contributed by atoms with E-state index in [-0.39, 0.29) is 16.7 Å². The van der Waals surface area contributed by atoms with Crippen LogP contribution in [0.1, 0.15) is 30.4 Å². The third-order valence-corrected chi connectivity index (χ3v) is 7.56. The lowest BCUT2D eigenvalue weighted by atomic mass is 9.96. The lowest BCUT2D eigenvalue weighted by Crippen LogP contribution is -2.35. The number of piperidine rings is 1. The van der Waals surface area contributed by atoms with E-state index in [9.17, 15) is 13.2 Å². The normalized spacial score (nSPS) is 19.8. The second-order valence-corrected chi connectivity index (χ2v) is 9.69. The summed E-state index contributed by atoms with van der Waals surface area (Å²) in [6, 6.07) is 12.7. The van der Waals surface area contributed by atoms with Crippen LogP contribution in [0, 0.1) is 12.8 Å². The number of anilines is 1. The number of hydrogen-bond donors (Lipinski definition) is 1. The van der Waals surface area contributed by atoms with Crippen molar-refractivity contribution in [2.75, 3.05) is 25.0 Å². The third-order valence-electron chi connectivity index (χ3n) is 5.67. The topological polar surface area (TPSA) is 75.7 Å². The van der Waals surface area contributed by atoms with E-state index < -0.39 is 10.0 Å². The molecule has 1 fully saturated rings. The smallest absolute Gasteiger partial charge is 0.243 e. The van der Waals surface area contributed by atoms with Crippen molar-refractivity contribution in [3.8, 4) is 5.75 Å². The summed E-state index contributed by atoms with van der Waals surface area (Å²) in [5, 5.41) is 2.92. The summed E-state index contributed by atoms with van der Waals surface area (Å²) in [6.45, 7) is 3.28. The second kappa shape index (κ2) is 8.16. The summed E-state index contributed by atoms with van der Waals surface area (Å²) in [7, 11) is -3.54. The highest BCUT2D eigenvalue weighted by Gasteiger charge is 2.28. The van der Waals surface area contributed by atoms with Crippen LogP contribution in [0.2, 0.25) is 0 Å². The summed E-state index contributed by atoms with van der Waals surface area (Å²) in [5.41, 5.74) is 2.37. The van der Waals surface area contributed by atoms with E-state index in [1.165, 1.54) is 0 Å². The number of rotatable bonds is 4. The van der Waals surface area contributed by atoms with Gasteiger partial charge in [-0.05, 0) is 55.5 Å². The molecule has 1 N–H and O–H groups in total. The molecule has 0 aliphatic carbocycles. The quantitative estimate of drug-likeness (QED) is 0.832. The van der Waals surface area contributed by atoms with Gasteiger partial charge in [0.2, 0.25) is 15.9 Å². The maximum absolute atomic E-state index is 13.0. The van der Waals surface area contributed by atoms with Crippen LogP contribution in [0.4, 0.5) is 5.69 Å². The number of benzene rings is 2. The molecule has 4 rings (SSSR count). The first-order chi connectivity index (χ1) is 13.9. The van der Waals surface area contributed by atoms with Gasteiger partial charge in [-0.15, -0.1) is 0 Å². The van der Waals surface area contributed by atoms with E-state index in [1.54, 1.807) is 22.5 Å². The Morgan fingerprint density at radius 1 is 1.10 bits per heavy atom. The molecule has 0 bridgehead atoms. The first-order valence-corrected chi connectivity index (χ1v) is 11.5. The van der Waals surface area contributed by atoms with Crippen molar-refractivity contribution in [2.45, 2.75) is 37.5 Å². The molecule has 1 amide bonds. The van der Waals surface area contributed by atoms with E-state index >= 15 is 0 Å². The molecule has 2 aliphatic heterocycles. The SMILES string of the molecule is Cc1ccc(S(=O)(=O)N2CCCCC2)cc1NC(=O)C1COc2ccccc2C1. The number of carbonyl (C=O) groups is 1. The molecule has 1 atom stereocenters. The molecule has 0 saturated carbocycles.